The molecule has 6 heteroatoms. The number of esters is 1. The lowest BCUT2D eigenvalue weighted by Gasteiger charge is -2.27. The summed E-state index contributed by atoms with van der Waals surface area (Å²) in [6.45, 7) is 5.12. The number of benzene rings is 1. The molecule has 1 unspecified atom stereocenters. The molecule has 1 aliphatic heterocycles. The van der Waals surface area contributed by atoms with Gasteiger partial charge in [0.05, 0.1) is 17.6 Å². The maximum Gasteiger partial charge on any atom is 0.338 e. The highest BCUT2D eigenvalue weighted by Crippen LogP contribution is 2.40. The van der Waals surface area contributed by atoms with Crippen molar-refractivity contribution in [2.24, 2.45) is 5.73 Å². The van der Waals surface area contributed by atoms with Gasteiger partial charge in [0.15, 0.2) is 0 Å². The van der Waals surface area contributed by atoms with Crippen LogP contribution in [0.25, 0.3) is 0 Å². The first-order chi connectivity index (χ1) is 10.8. The molecule has 0 aromatic heterocycles. The molecule has 0 fully saturated rings. The van der Waals surface area contributed by atoms with Crippen molar-refractivity contribution >= 4 is 17.6 Å². The van der Waals surface area contributed by atoms with Crippen LogP contribution >= 0.6 is 11.6 Å². The molecule has 0 saturated carbocycles. The van der Waals surface area contributed by atoms with E-state index in [0.717, 1.165) is 0 Å². The number of halogens is 1. The first-order valence-electron chi connectivity index (χ1n) is 7.10. The van der Waals surface area contributed by atoms with Crippen LogP contribution in [0.1, 0.15) is 32.3 Å². The van der Waals surface area contributed by atoms with Crippen molar-refractivity contribution in [2.45, 2.75) is 32.8 Å². The van der Waals surface area contributed by atoms with E-state index in [1.165, 1.54) is 0 Å². The summed E-state index contributed by atoms with van der Waals surface area (Å²) < 4.78 is 10.7. The number of ether oxygens (including phenoxy) is 2. The van der Waals surface area contributed by atoms with Gasteiger partial charge in [0.1, 0.15) is 17.4 Å². The Bertz CT molecular complexity index is 744. The zero-order valence-corrected chi connectivity index (χ0v) is 13.8. The van der Waals surface area contributed by atoms with Crippen molar-refractivity contribution in [2.75, 3.05) is 0 Å². The van der Waals surface area contributed by atoms with E-state index in [1.54, 1.807) is 45.0 Å². The lowest BCUT2D eigenvalue weighted by atomic mass is 9.83. The minimum absolute atomic E-state index is 0.0175. The van der Waals surface area contributed by atoms with Gasteiger partial charge in [-0.3, -0.25) is 0 Å². The number of carbonyl (C=O) groups excluding carboxylic acids is 1. The lowest BCUT2D eigenvalue weighted by molar-refractivity contribution is -0.143. The fourth-order valence-electron chi connectivity index (χ4n) is 2.44. The Morgan fingerprint density at radius 2 is 2.17 bits per heavy atom. The molecule has 23 heavy (non-hydrogen) atoms. The Morgan fingerprint density at radius 3 is 2.74 bits per heavy atom. The van der Waals surface area contributed by atoms with E-state index in [4.69, 9.17) is 26.8 Å². The van der Waals surface area contributed by atoms with Crippen LogP contribution in [0.15, 0.2) is 47.1 Å². The van der Waals surface area contributed by atoms with Gasteiger partial charge in [-0.15, -0.1) is 0 Å². The van der Waals surface area contributed by atoms with Crippen LogP contribution in [0.3, 0.4) is 0 Å². The highest BCUT2D eigenvalue weighted by atomic mass is 35.5. The summed E-state index contributed by atoms with van der Waals surface area (Å²) >= 11 is 6.05. The Hall–Kier alpha value is -2.45. The molecule has 0 aliphatic carbocycles. The number of nitrogens with zero attached hydrogens (tertiary/aromatic N) is 1. The molecule has 1 aromatic carbocycles. The molecule has 1 atom stereocenters. The molecule has 1 aliphatic rings. The molecule has 2 rings (SSSR count). The van der Waals surface area contributed by atoms with E-state index in [0.29, 0.717) is 16.3 Å². The normalized spacial score (nSPS) is 17.8. The van der Waals surface area contributed by atoms with Crippen LogP contribution in [0, 0.1) is 11.3 Å². The standard InChI is InChI=1S/C17H17ClN2O3/c1-9(2)22-17(21)14-10(3)23-16(20)13(8-19)15(14)11-5-4-6-12(18)7-11/h4-7,9,15H,20H2,1-3H3. The molecular formula is C17H17ClN2O3. The Labute approximate surface area is 139 Å². The summed E-state index contributed by atoms with van der Waals surface area (Å²) in [4.78, 5) is 12.5. The number of carbonyl (C=O) groups is 1. The van der Waals surface area contributed by atoms with E-state index in [2.05, 4.69) is 0 Å². The maximum atomic E-state index is 12.5. The van der Waals surface area contributed by atoms with E-state index >= 15 is 0 Å². The topological polar surface area (TPSA) is 85.3 Å². The second-order valence-corrected chi connectivity index (χ2v) is 5.84. The Kier molecular flexibility index (Phi) is 4.97. The van der Waals surface area contributed by atoms with Crippen molar-refractivity contribution < 1.29 is 14.3 Å². The van der Waals surface area contributed by atoms with Gasteiger partial charge in [-0.2, -0.15) is 5.26 Å². The Morgan fingerprint density at radius 1 is 1.48 bits per heavy atom. The third kappa shape index (κ3) is 3.49. The number of rotatable bonds is 3. The van der Waals surface area contributed by atoms with Crippen molar-refractivity contribution in [1.29, 1.82) is 5.26 Å². The van der Waals surface area contributed by atoms with E-state index < -0.39 is 11.9 Å². The summed E-state index contributed by atoms with van der Waals surface area (Å²) in [6, 6.07) is 8.96. The second-order valence-electron chi connectivity index (χ2n) is 5.40. The highest BCUT2D eigenvalue weighted by Gasteiger charge is 2.36. The number of allylic oxidation sites excluding steroid dienone is 2. The summed E-state index contributed by atoms with van der Waals surface area (Å²) in [6.07, 6.45) is -0.295. The molecule has 120 valence electrons. The van der Waals surface area contributed by atoms with Crippen molar-refractivity contribution in [3.63, 3.8) is 0 Å². The van der Waals surface area contributed by atoms with Crippen LogP contribution in [0.5, 0.6) is 0 Å². The van der Waals surface area contributed by atoms with Gasteiger partial charge in [0, 0.05) is 5.02 Å². The van der Waals surface area contributed by atoms with Crippen LogP contribution in [-0.2, 0) is 14.3 Å². The van der Waals surface area contributed by atoms with Crippen LogP contribution in [0.4, 0.5) is 0 Å². The molecule has 5 nitrogen and oxygen atoms in total. The van der Waals surface area contributed by atoms with Crippen molar-refractivity contribution in [3.05, 3.63) is 57.6 Å². The minimum atomic E-state index is -0.668. The summed E-state index contributed by atoms with van der Waals surface area (Å²) in [5.41, 5.74) is 6.92. The van der Waals surface area contributed by atoms with Gasteiger partial charge in [0.25, 0.3) is 0 Å². The largest absolute Gasteiger partial charge is 0.459 e. The van der Waals surface area contributed by atoms with E-state index in [-0.39, 0.29) is 23.1 Å². The first-order valence-corrected chi connectivity index (χ1v) is 7.47. The molecule has 1 heterocycles. The van der Waals surface area contributed by atoms with Gasteiger partial charge in [-0.05, 0) is 38.5 Å². The number of nitriles is 1. The zero-order valence-electron chi connectivity index (χ0n) is 13.1. The van der Waals surface area contributed by atoms with Gasteiger partial charge < -0.3 is 15.2 Å². The minimum Gasteiger partial charge on any atom is -0.459 e. The first kappa shape index (κ1) is 16.9. The predicted octanol–water partition coefficient (Wildman–Crippen LogP) is 3.37. The van der Waals surface area contributed by atoms with Crippen LogP contribution in [0.2, 0.25) is 5.02 Å². The maximum absolute atomic E-state index is 12.5. The van der Waals surface area contributed by atoms with Gasteiger partial charge in [0.2, 0.25) is 5.88 Å². The fourth-order valence-corrected chi connectivity index (χ4v) is 2.64. The quantitative estimate of drug-likeness (QED) is 0.858. The van der Waals surface area contributed by atoms with Gasteiger partial charge in [-0.1, -0.05) is 23.7 Å². The van der Waals surface area contributed by atoms with Crippen LogP contribution < -0.4 is 5.73 Å². The molecule has 1 aromatic rings. The SMILES string of the molecule is CC1=C(C(=O)OC(C)C)C(c2cccc(Cl)c2)C(C#N)=C(N)O1. The highest BCUT2D eigenvalue weighted by molar-refractivity contribution is 6.30. The monoisotopic (exact) mass is 332 g/mol. The smallest absolute Gasteiger partial charge is 0.338 e. The van der Waals surface area contributed by atoms with Crippen molar-refractivity contribution in [1.82, 2.24) is 0 Å². The zero-order chi connectivity index (χ0) is 17.1. The summed E-state index contributed by atoms with van der Waals surface area (Å²) in [5.74, 6) is -0.908. The molecular weight excluding hydrogens is 316 g/mol. The summed E-state index contributed by atoms with van der Waals surface area (Å²) in [7, 11) is 0. The summed E-state index contributed by atoms with van der Waals surface area (Å²) in [5, 5.41) is 9.95. The third-order valence-corrected chi connectivity index (χ3v) is 3.59. The van der Waals surface area contributed by atoms with Gasteiger partial charge >= 0.3 is 5.97 Å². The second kappa shape index (κ2) is 6.76. The predicted molar refractivity (Wildman–Crippen MR) is 86.0 cm³/mol. The lowest BCUT2D eigenvalue weighted by Crippen LogP contribution is -2.26. The van der Waals surface area contributed by atoms with E-state index in [9.17, 15) is 10.1 Å². The fraction of sp³-hybridized carbons (Fsp3) is 0.294. The molecule has 0 amide bonds. The molecule has 2 N–H and O–H groups in total. The third-order valence-electron chi connectivity index (χ3n) is 3.35. The Balaban J connectivity index is 2.59. The number of hydrogen-bond donors (Lipinski definition) is 1. The van der Waals surface area contributed by atoms with Gasteiger partial charge in [-0.25, -0.2) is 4.79 Å². The average Bonchev–Trinajstić information content (AvgIpc) is 2.45. The molecule has 0 bridgehead atoms. The molecule has 0 saturated heterocycles. The number of hydrogen-bond acceptors (Lipinski definition) is 5. The van der Waals surface area contributed by atoms with E-state index in [1.807, 2.05) is 6.07 Å². The van der Waals surface area contributed by atoms with Crippen LogP contribution in [-0.4, -0.2) is 12.1 Å². The molecule has 0 radical (unpaired) electrons. The average molecular weight is 333 g/mol. The van der Waals surface area contributed by atoms with Crippen molar-refractivity contribution in [3.8, 4) is 6.07 Å². The number of nitrogens with two attached hydrogens (primary N) is 1. The molecule has 0 spiro atoms.